The molecular formula is C12H22N2O2S. The zero-order valence-electron chi connectivity index (χ0n) is 10.8. The van der Waals surface area contributed by atoms with Gasteiger partial charge in [-0.05, 0) is 33.1 Å². The summed E-state index contributed by atoms with van der Waals surface area (Å²) in [5, 5.41) is 10.0. The second-order valence-electron chi connectivity index (χ2n) is 5.38. The number of amides is 1. The predicted molar refractivity (Wildman–Crippen MR) is 71.6 cm³/mol. The number of nitrogens with two attached hydrogens (primary N) is 1. The zero-order valence-corrected chi connectivity index (χ0v) is 11.6. The van der Waals surface area contributed by atoms with Gasteiger partial charge >= 0.3 is 0 Å². The molecule has 1 heterocycles. The molecule has 0 radical (unpaired) electrons. The largest absolute Gasteiger partial charge is 0.392 e. The van der Waals surface area contributed by atoms with Crippen LogP contribution in [0.15, 0.2) is 0 Å². The summed E-state index contributed by atoms with van der Waals surface area (Å²) < 4.78 is 0. The van der Waals surface area contributed by atoms with Crippen LogP contribution in [0.5, 0.6) is 0 Å². The Kier molecular flexibility index (Phi) is 4.15. The number of carbonyl (C=O) groups excluding carboxylic acids is 1. The number of carbonyl (C=O) groups is 1. The van der Waals surface area contributed by atoms with Gasteiger partial charge in [0, 0.05) is 13.1 Å². The van der Waals surface area contributed by atoms with E-state index in [9.17, 15) is 9.90 Å². The van der Waals surface area contributed by atoms with Crippen molar-refractivity contribution in [1.29, 1.82) is 0 Å². The minimum absolute atomic E-state index is 0.0625. The van der Waals surface area contributed by atoms with Crippen molar-refractivity contribution in [2.75, 3.05) is 13.1 Å². The first-order chi connectivity index (χ1) is 7.73. The Balaban J connectivity index is 2.85. The molecule has 3 N–H and O–H groups in total. The Bertz CT molecular complexity index is 330. The van der Waals surface area contributed by atoms with Crippen molar-refractivity contribution in [3.63, 3.8) is 0 Å². The van der Waals surface area contributed by atoms with E-state index in [4.69, 9.17) is 18.0 Å². The van der Waals surface area contributed by atoms with E-state index in [0.717, 1.165) is 12.8 Å². The van der Waals surface area contributed by atoms with Crippen LogP contribution < -0.4 is 5.73 Å². The van der Waals surface area contributed by atoms with E-state index in [2.05, 4.69) is 0 Å². The normalized spacial score (nSPS) is 28.6. The first kappa shape index (κ1) is 14.4. The van der Waals surface area contributed by atoms with Crippen LogP contribution in [0.3, 0.4) is 0 Å². The summed E-state index contributed by atoms with van der Waals surface area (Å²) >= 11 is 5.00. The summed E-state index contributed by atoms with van der Waals surface area (Å²) in [6.45, 7) is 6.48. The molecule has 1 fully saturated rings. The number of hydrogen-bond acceptors (Lipinski definition) is 3. The van der Waals surface area contributed by atoms with E-state index in [1.165, 1.54) is 0 Å². The van der Waals surface area contributed by atoms with Gasteiger partial charge in [0.1, 0.15) is 0 Å². The van der Waals surface area contributed by atoms with Crippen LogP contribution in [-0.4, -0.2) is 39.6 Å². The summed E-state index contributed by atoms with van der Waals surface area (Å²) in [4.78, 5) is 14.3. The predicted octanol–water partition coefficient (Wildman–Crippen LogP) is 1.06. The van der Waals surface area contributed by atoms with Crippen LogP contribution in [0, 0.1) is 5.41 Å². The molecule has 98 valence electrons. The van der Waals surface area contributed by atoms with Crippen molar-refractivity contribution in [2.45, 2.75) is 45.6 Å². The van der Waals surface area contributed by atoms with Crippen LogP contribution in [0.25, 0.3) is 0 Å². The van der Waals surface area contributed by atoms with E-state index in [1.54, 1.807) is 18.7 Å². The molecule has 17 heavy (non-hydrogen) atoms. The number of rotatable bonds is 3. The average Bonchev–Trinajstić information content (AvgIpc) is 2.25. The second-order valence-corrected chi connectivity index (χ2v) is 5.82. The van der Waals surface area contributed by atoms with Crippen molar-refractivity contribution in [2.24, 2.45) is 11.1 Å². The van der Waals surface area contributed by atoms with Gasteiger partial charge < -0.3 is 15.7 Å². The molecule has 4 nitrogen and oxygen atoms in total. The highest BCUT2D eigenvalue weighted by molar-refractivity contribution is 7.80. The van der Waals surface area contributed by atoms with Gasteiger partial charge in [-0.1, -0.05) is 19.1 Å². The Labute approximate surface area is 108 Å². The van der Waals surface area contributed by atoms with E-state index in [-0.39, 0.29) is 10.9 Å². The fourth-order valence-electron chi connectivity index (χ4n) is 2.17. The van der Waals surface area contributed by atoms with Gasteiger partial charge in [-0.25, -0.2) is 0 Å². The van der Waals surface area contributed by atoms with Gasteiger partial charge in [0.05, 0.1) is 16.0 Å². The van der Waals surface area contributed by atoms with Crippen LogP contribution in [0.1, 0.15) is 40.0 Å². The first-order valence-electron chi connectivity index (χ1n) is 6.04. The lowest BCUT2D eigenvalue weighted by Crippen LogP contribution is -2.55. The van der Waals surface area contributed by atoms with Crippen molar-refractivity contribution in [1.82, 2.24) is 4.90 Å². The Morgan fingerprint density at radius 2 is 2.24 bits per heavy atom. The molecule has 2 unspecified atom stereocenters. The number of nitrogens with zero attached hydrogens (tertiary/aromatic N) is 1. The maximum atomic E-state index is 12.4. The van der Waals surface area contributed by atoms with E-state index in [0.29, 0.717) is 19.5 Å². The standard InChI is InChI=1S/C12H22N2O2S/c1-4-12(3,9(13)17)10(15)14-7-5-6-11(2,16)8-14/h16H,4-8H2,1-3H3,(H2,13,17). The molecule has 1 rings (SSSR count). The molecule has 1 amide bonds. The number of thiocarbonyl (C=S) groups is 1. The Hall–Kier alpha value is -0.680. The minimum Gasteiger partial charge on any atom is -0.392 e. The lowest BCUT2D eigenvalue weighted by molar-refractivity contribution is -0.144. The van der Waals surface area contributed by atoms with Crippen molar-refractivity contribution in [3.8, 4) is 0 Å². The lowest BCUT2D eigenvalue weighted by atomic mass is 9.84. The number of aliphatic hydroxyl groups is 1. The summed E-state index contributed by atoms with van der Waals surface area (Å²) in [6, 6.07) is 0. The van der Waals surface area contributed by atoms with Crippen LogP contribution in [0.4, 0.5) is 0 Å². The molecular weight excluding hydrogens is 236 g/mol. The molecule has 0 saturated carbocycles. The van der Waals surface area contributed by atoms with E-state index >= 15 is 0 Å². The number of piperidine rings is 1. The molecule has 1 aliphatic heterocycles. The molecule has 2 atom stereocenters. The maximum absolute atomic E-state index is 12.4. The molecule has 0 aromatic carbocycles. The van der Waals surface area contributed by atoms with Gasteiger partial charge in [-0.2, -0.15) is 0 Å². The van der Waals surface area contributed by atoms with Crippen molar-refractivity contribution >= 4 is 23.1 Å². The molecule has 0 aliphatic carbocycles. The van der Waals surface area contributed by atoms with Crippen LogP contribution >= 0.6 is 12.2 Å². The molecule has 5 heteroatoms. The number of likely N-dealkylation sites (tertiary alicyclic amines) is 1. The minimum atomic E-state index is -0.793. The highest BCUT2D eigenvalue weighted by Gasteiger charge is 2.41. The second kappa shape index (κ2) is 4.90. The fraction of sp³-hybridized carbons (Fsp3) is 0.833. The third kappa shape index (κ3) is 2.96. The average molecular weight is 258 g/mol. The molecule has 0 bridgehead atoms. The summed E-state index contributed by atoms with van der Waals surface area (Å²) in [6.07, 6.45) is 2.13. The number of hydrogen-bond donors (Lipinski definition) is 2. The zero-order chi connectivity index (χ0) is 13.3. The van der Waals surface area contributed by atoms with E-state index in [1.807, 2.05) is 6.92 Å². The quantitative estimate of drug-likeness (QED) is 0.743. The van der Waals surface area contributed by atoms with Gasteiger partial charge in [-0.15, -0.1) is 0 Å². The summed E-state index contributed by atoms with van der Waals surface area (Å²) in [5.74, 6) is -0.0625. The van der Waals surface area contributed by atoms with Gasteiger partial charge in [0.2, 0.25) is 5.91 Å². The summed E-state index contributed by atoms with van der Waals surface area (Å²) in [7, 11) is 0. The van der Waals surface area contributed by atoms with Gasteiger partial charge in [0.25, 0.3) is 0 Å². The van der Waals surface area contributed by atoms with Crippen molar-refractivity contribution in [3.05, 3.63) is 0 Å². The Morgan fingerprint density at radius 1 is 1.65 bits per heavy atom. The molecule has 0 aromatic heterocycles. The highest BCUT2D eigenvalue weighted by atomic mass is 32.1. The summed E-state index contributed by atoms with van der Waals surface area (Å²) in [5.41, 5.74) is 4.10. The smallest absolute Gasteiger partial charge is 0.235 e. The van der Waals surface area contributed by atoms with Gasteiger partial charge in [0.15, 0.2) is 0 Å². The highest BCUT2D eigenvalue weighted by Crippen LogP contribution is 2.29. The molecule has 0 aromatic rings. The SMILES string of the molecule is CCC(C)(C(=O)N1CCCC(C)(O)C1)C(N)=S. The number of β-amino-alcohol motifs (C(OH)–C–C–N with tert-alkyl or cyclic N) is 1. The third-order valence-electron chi connectivity index (χ3n) is 3.69. The topological polar surface area (TPSA) is 66.6 Å². The fourth-order valence-corrected chi connectivity index (χ4v) is 2.40. The van der Waals surface area contributed by atoms with Crippen molar-refractivity contribution < 1.29 is 9.90 Å². The monoisotopic (exact) mass is 258 g/mol. The van der Waals surface area contributed by atoms with Crippen LogP contribution in [-0.2, 0) is 4.79 Å². The molecule has 1 aliphatic rings. The van der Waals surface area contributed by atoms with Crippen LogP contribution in [0.2, 0.25) is 0 Å². The first-order valence-corrected chi connectivity index (χ1v) is 6.45. The molecule has 0 spiro atoms. The lowest BCUT2D eigenvalue weighted by Gasteiger charge is -2.40. The van der Waals surface area contributed by atoms with E-state index < -0.39 is 11.0 Å². The van der Waals surface area contributed by atoms with Gasteiger partial charge in [-0.3, -0.25) is 4.79 Å². The maximum Gasteiger partial charge on any atom is 0.235 e. The molecule has 1 saturated heterocycles. The Morgan fingerprint density at radius 3 is 2.65 bits per heavy atom. The third-order valence-corrected chi connectivity index (χ3v) is 4.14.